The molecule has 0 aliphatic heterocycles. The van der Waals surface area contributed by atoms with Gasteiger partial charge in [-0.25, -0.2) is 0 Å². The molecule has 0 saturated heterocycles. The van der Waals surface area contributed by atoms with Crippen LogP contribution in [-0.4, -0.2) is 32.6 Å². The molecule has 154 valence electrons. The lowest BCUT2D eigenvalue weighted by molar-refractivity contribution is -0.128. The summed E-state index contributed by atoms with van der Waals surface area (Å²) in [4.78, 5) is 12.2. The zero-order valence-electron chi connectivity index (χ0n) is 19.9. The van der Waals surface area contributed by atoms with Gasteiger partial charge < -0.3 is 4.74 Å². The summed E-state index contributed by atoms with van der Waals surface area (Å²) < 4.78 is 6.19. The predicted octanol–water partition coefficient (Wildman–Crippen LogP) is 6.76. The van der Waals surface area contributed by atoms with Crippen molar-refractivity contribution in [1.82, 2.24) is 0 Å². The topological polar surface area (TPSA) is 26.3 Å². The molecule has 0 aromatic rings. The average molecular weight is 374 g/mol. The van der Waals surface area contributed by atoms with Crippen LogP contribution in [0.1, 0.15) is 101 Å². The van der Waals surface area contributed by atoms with Gasteiger partial charge in [0.05, 0.1) is 5.60 Å². The van der Waals surface area contributed by atoms with Gasteiger partial charge in [-0.1, -0.05) is 90.5 Å². The van der Waals surface area contributed by atoms with Crippen LogP contribution in [0.15, 0.2) is 0 Å². The molecule has 1 aliphatic rings. The fourth-order valence-corrected chi connectivity index (χ4v) is 3.72. The van der Waals surface area contributed by atoms with Crippen molar-refractivity contribution < 1.29 is 9.53 Å². The molecule has 0 heterocycles. The highest BCUT2D eigenvalue weighted by atomic mass is 16.5. The Morgan fingerprint density at radius 1 is 0.852 bits per heavy atom. The Hall–Kier alpha value is -0.240. The van der Waals surface area contributed by atoms with Gasteiger partial charge in [0.1, 0.15) is 20.3 Å². The Labute approximate surface area is 171 Å². The first-order valence-corrected chi connectivity index (χ1v) is 10.9. The number of rotatable bonds is 10. The Bertz CT molecular complexity index is 484. The summed E-state index contributed by atoms with van der Waals surface area (Å²) in [6.07, 6.45) is 5.07. The first-order chi connectivity index (χ1) is 12.0. The van der Waals surface area contributed by atoms with Crippen molar-refractivity contribution in [2.75, 3.05) is 6.61 Å². The summed E-state index contributed by atoms with van der Waals surface area (Å²) in [7, 11) is 5.11. The highest BCUT2D eigenvalue weighted by molar-refractivity contribution is 6.49. The molecule has 4 heteroatoms. The normalized spacial score (nSPS) is 21.6. The van der Waals surface area contributed by atoms with E-state index in [4.69, 9.17) is 4.74 Å². The number of carbonyl (C=O) groups is 1. The fourth-order valence-electron chi connectivity index (χ4n) is 3.72. The summed E-state index contributed by atoms with van der Waals surface area (Å²) >= 11 is 0. The summed E-state index contributed by atoms with van der Waals surface area (Å²) in [5.74, 6) is 1.78. The number of hydrogen-bond acceptors (Lipinski definition) is 2. The minimum atomic E-state index is -0.254. The lowest BCUT2D eigenvalue weighted by Gasteiger charge is -2.43. The molecule has 2 radical (unpaired) electrons. The van der Waals surface area contributed by atoms with Crippen LogP contribution in [-0.2, 0) is 9.53 Å². The van der Waals surface area contributed by atoms with Crippen LogP contribution in [0.3, 0.4) is 0 Å². The Morgan fingerprint density at radius 3 is 1.81 bits per heavy atom. The minimum Gasteiger partial charge on any atom is -0.376 e. The van der Waals surface area contributed by atoms with Gasteiger partial charge in [-0.2, -0.15) is 0 Å². The van der Waals surface area contributed by atoms with Gasteiger partial charge in [-0.05, 0) is 26.7 Å². The largest absolute Gasteiger partial charge is 0.376 e. The van der Waals surface area contributed by atoms with E-state index in [-0.39, 0.29) is 16.3 Å². The number of Topliss-reactive ketones (excluding diaryl/α,β-unsaturated/α-hetero) is 1. The minimum absolute atomic E-state index is 0.187. The van der Waals surface area contributed by atoms with E-state index < -0.39 is 0 Å². The molecule has 1 rings (SSSR count). The molecule has 1 aliphatic carbocycles. The summed E-state index contributed by atoms with van der Waals surface area (Å²) in [6.45, 7) is 22.5. The highest BCUT2D eigenvalue weighted by Crippen LogP contribution is 2.51. The zero-order valence-corrected chi connectivity index (χ0v) is 19.9. The van der Waals surface area contributed by atoms with Crippen molar-refractivity contribution in [3.05, 3.63) is 0 Å². The molecular formula is C23H44B2O2. The first-order valence-electron chi connectivity index (χ1n) is 10.9. The van der Waals surface area contributed by atoms with E-state index in [1.54, 1.807) is 0 Å². The van der Waals surface area contributed by atoms with Crippen LogP contribution in [0, 0.1) is 5.41 Å². The van der Waals surface area contributed by atoms with E-state index in [9.17, 15) is 4.79 Å². The predicted molar refractivity (Wildman–Crippen MR) is 120 cm³/mol. The molecule has 0 amide bonds. The zero-order chi connectivity index (χ0) is 21.1. The third-order valence-corrected chi connectivity index (χ3v) is 5.79. The Balaban J connectivity index is 2.37. The van der Waals surface area contributed by atoms with Gasteiger partial charge in [0, 0.05) is 18.4 Å². The number of hydrogen-bond donors (Lipinski definition) is 0. The maximum absolute atomic E-state index is 12.2. The van der Waals surface area contributed by atoms with E-state index in [0.29, 0.717) is 17.5 Å². The van der Waals surface area contributed by atoms with Gasteiger partial charge in [-0.3, -0.25) is 4.79 Å². The fraction of sp³-hybridized carbons (Fsp3) is 0.957. The quantitative estimate of drug-likeness (QED) is 0.395. The van der Waals surface area contributed by atoms with Gasteiger partial charge in [-0.15, -0.1) is 0 Å². The summed E-state index contributed by atoms with van der Waals surface area (Å²) in [5.41, 5.74) is -0.494. The van der Waals surface area contributed by atoms with E-state index in [1.165, 1.54) is 12.8 Å². The third kappa shape index (κ3) is 9.68. The van der Waals surface area contributed by atoms with Crippen LogP contribution >= 0.6 is 0 Å². The van der Waals surface area contributed by atoms with Crippen molar-refractivity contribution in [3.63, 3.8) is 0 Å². The van der Waals surface area contributed by atoms with Crippen molar-refractivity contribution in [3.8, 4) is 0 Å². The van der Waals surface area contributed by atoms with Crippen molar-refractivity contribution >= 4 is 20.3 Å². The second-order valence-corrected chi connectivity index (χ2v) is 12.1. The lowest BCUT2D eigenvalue weighted by Crippen LogP contribution is -2.34. The highest BCUT2D eigenvalue weighted by Gasteiger charge is 2.38. The van der Waals surface area contributed by atoms with Crippen molar-refractivity contribution in [2.45, 2.75) is 129 Å². The monoisotopic (exact) mass is 374 g/mol. The molecule has 2 nitrogen and oxygen atoms in total. The van der Waals surface area contributed by atoms with E-state index in [1.807, 2.05) is 20.8 Å². The molecule has 0 aromatic heterocycles. The molecule has 1 fully saturated rings. The summed E-state index contributed by atoms with van der Waals surface area (Å²) in [5, 5.41) is 0.491. The molecule has 27 heavy (non-hydrogen) atoms. The smallest absolute Gasteiger partial charge is 0.138 e. The molecule has 0 N–H and O–H groups in total. The van der Waals surface area contributed by atoms with Crippen LogP contribution in [0.5, 0.6) is 0 Å². The van der Waals surface area contributed by atoms with Crippen molar-refractivity contribution in [2.24, 2.45) is 5.41 Å². The second-order valence-electron chi connectivity index (χ2n) is 12.1. The summed E-state index contributed by atoms with van der Waals surface area (Å²) in [6, 6.07) is 0. The van der Waals surface area contributed by atoms with Crippen molar-refractivity contribution in [1.29, 1.82) is 0 Å². The molecule has 0 bridgehead atoms. The Kier molecular flexibility index (Phi) is 8.32. The van der Waals surface area contributed by atoms with E-state index >= 15 is 0 Å². The van der Waals surface area contributed by atoms with Gasteiger partial charge >= 0.3 is 0 Å². The van der Waals surface area contributed by atoms with Gasteiger partial charge in [0.2, 0.25) is 0 Å². The Morgan fingerprint density at radius 2 is 1.37 bits per heavy atom. The van der Waals surface area contributed by atoms with Gasteiger partial charge in [0.15, 0.2) is 0 Å². The second kappa shape index (κ2) is 9.06. The van der Waals surface area contributed by atoms with Crippen LogP contribution < -0.4 is 0 Å². The molecule has 2 atom stereocenters. The van der Waals surface area contributed by atoms with Crippen LogP contribution in [0.25, 0.3) is 0 Å². The molecule has 0 aromatic carbocycles. The standard InChI is InChI=1S/C23H44B2O2/c1-20(2,3)19(26)13-14-23(9,10)27-16-15-22(7,8)25-18-12-11-17(18)24-21(4,5)6/h17-18H,11-16H2,1-10H3. The maximum Gasteiger partial charge on any atom is 0.138 e. The number of ketones is 1. The maximum atomic E-state index is 12.2. The first kappa shape index (κ1) is 24.8. The number of carbonyl (C=O) groups excluding carboxylic acids is 1. The molecule has 0 spiro atoms. The van der Waals surface area contributed by atoms with E-state index in [2.05, 4.69) is 63.0 Å². The molecular weight excluding hydrogens is 330 g/mol. The molecule has 2 unspecified atom stereocenters. The SMILES string of the molecule is CC(C)(C)[B]C1CCC1[B]C(C)(C)CCOC(C)(C)CCC(=O)C(C)(C)C. The third-order valence-electron chi connectivity index (χ3n) is 5.79. The van der Waals surface area contributed by atoms with Crippen LogP contribution in [0.2, 0.25) is 22.3 Å². The average Bonchev–Trinajstić information content (AvgIpc) is 2.45. The van der Waals surface area contributed by atoms with Crippen LogP contribution in [0.4, 0.5) is 0 Å². The molecule has 1 saturated carbocycles. The number of ether oxygens (including phenoxy) is 1. The van der Waals surface area contributed by atoms with E-state index in [0.717, 1.165) is 31.1 Å². The van der Waals surface area contributed by atoms with Gasteiger partial charge in [0.25, 0.3) is 0 Å². The lowest BCUT2D eigenvalue weighted by atomic mass is 9.30.